The van der Waals surface area contributed by atoms with Crippen LogP contribution in [0.15, 0.2) is 36.4 Å². The Hall–Kier alpha value is -2.18. The predicted octanol–water partition coefficient (Wildman–Crippen LogP) is 9.45. The van der Waals surface area contributed by atoms with Crippen LogP contribution in [0.5, 0.6) is 11.5 Å². The number of ether oxygens (including phenoxy) is 2. The number of carbonyl (C=O) groups excluding carboxylic acids is 2. The summed E-state index contributed by atoms with van der Waals surface area (Å²) in [6.45, 7) is -2.11. The zero-order valence-electron chi connectivity index (χ0n) is 23.5. The van der Waals surface area contributed by atoms with Gasteiger partial charge in [-0.1, -0.05) is 61.0 Å². The van der Waals surface area contributed by atoms with Crippen LogP contribution < -0.4 is 9.47 Å². The van der Waals surface area contributed by atoms with Gasteiger partial charge in [-0.25, -0.2) is 0 Å². The van der Waals surface area contributed by atoms with Crippen molar-refractivity contribution < 1.29 is 27.8 Å². The van der Waals surface area contributed by atoms with Gasteiger partial charge in [-0.3, -0.25) is 9.59 Å². The molecule has 224 valence electrons. The van der Waals surface area contributed by atoms with Crippen molar-refractivity contribution >= 4 is 34.8 Å². The quantitative estimate of drug-likeness (QED) is 0.227. The van der Waals surface area contributed by atoms with Gasteiger partial charge in [-0.2, -0.15) is 8.78 Å². The molecule has 0 bridgehead atoms. The van der Waals surface area contributed by atoms with Gasteiger partial charge < -0.3 is 9.47 Å². The lowest BCUT2D eigenvalue weighted by Gasteiger charge is -2.10. The van der Waals surface area contributed by atoms with Crippen LogP contribution in [0.3, 0.4) is 0 Å². The number of hydrogen-bond donors (Lipinski definition) is 0. The van der Waals surface area contributed by atoms with Crippen molar-refractivity contribution in [1.82, 2.24) is 0 Å². The first-order valence-corrected chi connectivity index (χ1v) is 15.7. The summed E-state index contributed by atoms with van der Waals surface area (Å²) in [4.78, 5) is 24.1. The van der Waals surface area contributed by atoms with E-state index < -0.39 is 6.61 Å². The van der Waals surface area contributed by atoms with Gasteiger partial charge >= 0.3 is 6.61 Å². The molecule has 3 saturated carbocycles. The van der Waals surface area contributed by atoms with Crippen LogP contribution >= 0.6 is 23.2 Å². The fourth-order valence-electron chi connectivity index (χ4n) is 5.64. The summed E-state index contributed by atoms with van der Waals surface area (Å²) in [5, 5.41) is 0.817. The Kier molecular flexibility index (Phi) is 12.3. The summed E-state index contributed by atoms with van der Waals surface area (Å²) in [5.74, 6) is 2.73. The molecular formula is C33H40Cl2F2O4. The van der Waals surface area contributed by atoms with E-state index in [2.05, 4.69) is 4.74 Å². The highest BCUT2D eigenvalue weighted by Crippen LogP contribution is 2.33. The lowest BCUT2D eigenvalue weighted by atomic mass is 9.97. The third-order valence-electron chi connectivity index (χ3n) is 8.32. The second-order valence-electron chi connectivity index (χ2n) is 11.6. The highest BCUT2D eigenvalue weighted by molar-refractivity contribution is 6.32. The van der Waals surface area contributed by atoms with Gasteiger partial charge in [0.05, 0.1) is 16.7 Å². The molecule has 3 aliphatic rings. The second kappa shape index (κ2) is 15.9. The number of alkyl halides is 2. The average Bonchev–Trinajstić information content (AvgIpc) is 3.37. The monoisotopic (exact) mass is 608 g/mol. The largest absolute Gasteiger partial charge is 0.492 e. The van der Waals surface area contributed by atoms with Crippen molar-refractivity contribution in [2.75, 3.05) is 6.61 Å². The molecule has 0 amide bonds. The van der Waals surface area contributed by atoms with Gasteiger partial charge in [0.2, 0.25) is 0 Å². The molecule has 0 spiro atoms. The molecule has 8 heteroatoms. The van der Waals surface area contributed by atoms with Crippen molar-refractivity contribution in [2.45, 2.75) is 96.5 Å². The molecule has 3 aliphatic carbocycles. The molecule has 2 aromatic rings. The summed E-state index contributed by atoms with van der Waals surface area (Å²) in [7, 11) is 0. The topological polar surface area (TPSA) is 52.6 Å². The Balaban J connectivity index is 0.000000189. The summed E-state index contributed by atoms with van der Waals surface area (Å²) in [5.41, 5.74) is 1.99. The summed E-state index contributed by atoms with van der Waals surface area (Å²) in [6.07, 6.45) is 14.0. The first kappa shape index (κ1) is 31.7. The zero-order valence-corrected chi connectivity index (χ0v) is 25.0. The number of benzene rings is 2. The van der Waals surface area contributed by atoms with Crippen molar-refractivity contribution in [1.29, 1.82) is 0 Å². The first-order chi connectivity index (χ1) is 19.8. The number of halogens is 4. The molecule has 41 heavy (non-hydrogen) atoms. The molecule has 5 rings (SSSR count). The minimum absolute atomic E-state index is 0.0347. The highest BCUT2D eigenvalue weighted by atomic mass is 35.5. The summed E-state index contributed by atoms with van der Waals surface area (Å²) >= 11 is 12.1. The van der Waals surface area contributed by atoms with Crippen LogP contribution in [0.1, 0.15) is 88.2 Å². The van der Waals surface area contributed by atoms with Crippen LogP contribution in [0.2, 0.25) is 10.0 Å². The molecular weight excluding hydrogens is 569 g/mol. The standard InChI is InChI=1S/C18H23ClO2.C15H17ClF2O2/c19-16-11-13(7-9-17(20)15-3-1-2-4-15)8-10-18(16)21-12-14-5-6-14;16-12-9-10(6-8-14(12)20-15(17)18)5-7-13(19)11-3-1-2-4-11/h8,10-11,14-15H,1-7,9,12H2;6,8-9,11,15H,1-5,7H2. The molecule has 0 aromatic heterocycles. The number of hydrogen-bond acceptors (Lipinski definition) is 4. The SMILES string of the molecule is O=C(CCc1ccc(OC(F)F)c(Cl)c1)C1CCCC1.O=C(CCc1ccc(OCC2CC2)c(Cl)c1)C1CCCC1. The summed E-state index contributed by atoms with van der Waals surface area (Å²) < 4.78 is 34.2. The van der Waals surface area contributed by atoms with E-state index in [0.717, 1.165) is 74.3 Å². The Morgan fingerprint density at radius 1 is 0.732 bits per heavy atom. The van der Waals surface area contributed by atoms with Crippen molar-refractivity contribution in [3.8, 4) is 11.5 Å². The van der Waals surface area contributed by atoms with Crippen LogP contribution in [0, 0.1) is 17.8 Å². The Labute approximate surface area is 252 Å². The van der Waals surface area contributed by atoms with Crippen molar-refractivity contribution in [2.24, 2.45) is 17.8 Å². The number of ketones is 2. The average molecular weight is 610 g/mol. The first-order valence-electron chi connectivity index (χ1n) is 15.0. The third-order valence-corrected chi connectivity index (χ3v) is 8.91. The third kappa shape index (κ3) is 10.6. The van der Waals surface area contributed by atoms with Crippen LogP contribution in [-0.2, 0) is 22.4 Å². The number of carbonyl (C=O) groups is 2. The Bertz CT molecular complexity index is 1160. The lowest BCUT2D eigenvalue weighted by Crippen LogP contribution is -2.11. The Morgan fingerprint density at radius 2 is 1.20 bits per heavy atom. The molecule has 4 nitrogen and oxygen atoms in total. The molecule has 0 atom stereocenters. The van der Waals surface area contributed by atoms with E-state index in [4.69, 9.17) is 27.9 Å². The maximum absolute atomic E-state index is 12.1. The van der Waals surface area contributed by atoms with E-state index >= 15 is 0 Å². The number of Topliss-reactive ketones (excluding diaryl/α,β-unsaturated/α-hetero) is 2. The van der Waals surface area contributed by atoms with E-state index in [1.165, 1.54) is 31.7 Å². The normalized spacial score (nSPS) is 17.4. The molecule has 2 aromatic carbocycles. The molecule has 0 saturated heterocycles. The highest BCUT2D eigenvalue weighted by Gasteiger charge is 2.24. The molecule has 3 fully saturated rings. The maximum atomic E-state index is 12.1. The number of rotatable bonds is 13. The molecule has 0 heterocycles. The van der Waals surface area contributed by atoms with Gasteiger partial charge in [0.15, 0.2) is 0 Å². The van der Waals surface area contributed by atoms with Crippen LogP contribution in [-0.4, -0.2) is 24.8 Å². The molecule has 0 N–H and O–H groups in total. The van der Waals surface area contributed by atoms with Crippen LogP contribution in [0.25, 0.3) is 0 Å². The molecule has 0 unspecified atom stereocenters. The zero-order chi connectivity index (χ0) is 29.2. The minimum Gasteiger partial charge on any atom is -0.492 e. The van der Waals surface area contributed by atoms with E-state index in [9.17, 15) is 18.4 Å². The van der Waals surface area contributed by atoms with E-state index in [0.29, 0.717) is 41.8 Å². The lowest BCUT2D eigenvalue weighted by molar-refractivity contribution is -0.123. The maximum Gasteiger partial charge on any atom is 0.387 e. The van der Waals surface area contributed by atoms with Gasteiger partial charge in [0, 0.05) is 24.7 Å². The van der Waals surface area contributed by atoms with Gasteiger partial charge in [0.25, 0.3) is 0 Å². The van der Waals surface area contributed by atoms with Crippen molar-refractivity contribution in [3.05, 3.63) is 57.6 Å². The van der Waals surface area contributed by atoms with Gasteiger partial charge in [-0.15, -0.1) is 0 Å². The fraction of sp³-hybridized carbons (Fsp3) is 0.576. The number of aryl methyl sites for hydroxylation is 2. The Morgan fingerprint density at radius 3 is 1.61 bits per heavy atom. The van der Waals surface area contributed by atoms with Gasteiger partial charge in [-0.05, 0) is 92.7 Å². The smallest absolute Gasteiger partial charge is 0.387 e. The minimum atomic E-state index is -2.89. The fourth-order valence-corrected chi connectivity index (χ4v) is 6.14. The molecule has 0 radical (unpaired) electrons. The van der Waals surface area contributed by atoms with Crippen LogP contribution in [0.4, 0.5) is 8.78 Å². The van der Waals surface area contributed by atoms with Crippen molar-refractivity contribution in [3.63, 3.8) is 0 Å². The van der Waals surface area contributed by atoms with E-state index in [1.54, 1.807) is 12.1 Å². The summed E-state index contributed by atoms with van der Waals surface area (Å²) in [6, 6.07) is 10.6. The molecule has 0 aliphatic heterocycles. The van der Waals surface area contributed by atoms with Gasteiger partial charge in [0.1, 0.15) is 23.1 Å². The predicted molar refractivity (Wildman–Crippen MR) is 158 cm³/mol. The van der Waals surface area contributed by atoms with E-state index in [-0.39, 0.29) is 16.7 Å². The van der Waals surface area contributed by atoms with E-state index in [1.807, 2.05) is 18.2 Å². The second-order valence-corrected chi connectivity index (χ2v) is 12.4.